The van der Waals surface area contributed by atoms with Crippen molar-refractivity contribution in [2.24, 2.45) is 0 Å². The van der Waals surface area contributed by atoms with Crippen molar-refractivity contribution < 1.29 is 19.1 Å². The largest absolute Gasteiger partial charge is 0.478 e. The molecule has 28 heavy (non-hydrogen) atoms. The van der Waals surface area contributed by atoms with Gasteiger partial charge in [-0.25, -0.2) is 4.79 Å². The minimum absolute atomic E-state index is 0.0594. The van der Waals surface area contributed by atoms with Crippen LogP contribution in [0.1, 0.15) is 33.6 Å². The Morgan fingerprint density at radius 2 is 2.04 bits per heavy atom. The number of carboxylic acid groups (broad SMARTS) is 1. The molecule has 1 aromatic carbocycles. The Hall–Kier alpha value is -2.96. The van der Waals surface area contributed by atoms with Gasteiger partial charge in [0.05, 0.1) is 24.4 Å². The first kappa shape index (κ1) is 18.4. The summed E-state index contributed by atoms with van der Waals surface area (Å²) in [5.41, 5.74) is 2.75. The van der Waals surface area contributed by atoms with Crippen molar-refractivity contribution in [2.45, 2.75) is 19.6 Å². The lowest BCUT2D eigenvalue weighted by atomic mass is 10.1. The fourth-order valence-corrected chi connectivity index (χ4v) is 3.48. The molecule has 0 saturated carbocycles. The Labute approximate surface area is 163 Å². The highest BCUT2D eigenvalue weighted by Gasteiger charge is 2.24. The SMILES string of the molecule is Cc1cccc(C2CN(Cc3ccc(-c4ccccc4C(=O)O)o3)CCO2)n1. The first-order chi connectivity index (χ1) is 13.6. The fourth-order valence-electron chi connectivity index (χ4n) is 3.48. The molecule has 4 rings (SSSR count). The summed E-state index contributed by atoms with van der Waals surface area (Å²) in [7, 11) is 0. The maximum atomic E-state index is 11.4. The van der Waals surface area contributed by atoms with Crippen molar-refractivity contribution in [3.05, 3.63) is 77.3 Å². The number of ether oxygens (including phenoxy) is 1. The Kier molecular flexibility index (Phi) is 5.23. The molecule has 0 amide bonds. The number of aromatic carboxylic acids is 1. The Morgan fingerprint density at radius 3 is 2.86 bits per heavy atom. The number of nitrogens with zero attached hydrogens (tertiary/aromatic N) is 2. The van der Waals surface area contributed by atoms with E-state index >= 15 is 0 Å². The van der Waals surface area contributed by atoms with Crippen LogP contribution in [-0.4, -0.2) is 40.7 Å². The number of aromatic nitrogens is 1. The van der Waals surface area contributed by atoms with Crippen molar-refractivity contribution in [3.8, 4) is 11.3 Å². The fraction of sp³-hybridized carbons (Fsp3) is 0.273. The number of pyridine rings is 1. The van der Waals surface area contributed by atoms with Crippen LogP contribution >= 0.6 is 0 Å². The van der Waals surface area contributed by atoms with Crippen molar-refractivity contribution in [2.75, 3.05) is 19.7 Å². The van der Waals surface area contributed by atoms with Crippen molar-refractivity contribution in [1.82, 2.24) is 9.88 Å². The number of carbonyl (C=O) groups is 1. The molecule has 0 bridgehead atoms. The molecule has 1 unspecified atom stereocenters. The van der Waals surface area contributed by atoms with Gasteiger partial charge in [-0.1, -0.05) is 24.3 Å². The monoisotopic (exact) mass is 378 g/mol. The van der Waals surface area contributed by atoms with Gasteiger partial charge in [0.1, 0.15) is 17.6 Å². The third-order valence-electron chi connectivity index (χ3n) is 4.85. The predicted molar refractivity (Wildman–Crippen MR) is 104 cm³/mol. The number of carboxylic acids is 1. The lowest BCUT2D eigenvalue weighted by molar-refractivity contribution is -0.0367. The van der Waals surface area contributed by atoms with E-state index in [1.54, 1.807) is 18.2 Å². The van der Waals surface area contributed by atoms with Gasteiger partial charge in [-0.15, -0.1) is 0 Å². The molecular weight excluding hydrogens is 356 g/mol. The molecule has 3 aromatic rings. The van der Waals surface area contributed by atoms with E-state index in [1.807, 2.05) is 43.3 Å². The molecule has 0 spiro atoms. The first-order valence-corrected chi connectivity index (χ1v) is 9.29. The maximum absolute atomic E-state index is 11.4. The minimum atomic E-state index is -0.963. The summed E-state index contributed by atoms with van der Waals surface area (Å²) >= 11 is 0. The number of rotatable bonds is 5. The van der Waals surface area contributed by atoms with Gasteiger partial charge in [0.2, 0.25) is 0 Å². The van der Waals surface area contributed by atoms with Crippen molar-refractivity contribution in [1.29, 1.82) is 0 Å². The smallest absolute Gasteiger partial charge is 0.336 e. The van der Waals surface area contributed by atoms with E-state index in [4.69, 9.17) is 9.15 Å². The molecule has 1 atom stereocenters. The molecule has 144 valence electrons. The van der Waals surface area contributed by atoms with E-state index in [0.717, 1.165) is 30.2 Å². The quantitative estimate of drug-likeness (QED) is 0.725. The molecule has 0 aliphatic carbocycles. The average Bonchev–Trinajstić information content (AvgIpc) is 3.16. The second-order valence-electron chi connectivity index (χ2n) is 6.92. The molecule has 3 heterocycles. The second-order valence-corrected chi connectivity index (χ2v) is 6.92. The van der Waals surface area contributed by atoms with E-state index in [-0.39, 0.29) is 11.7 Å². The van der Waals surface area contributed by atoms with E-state index in [2.05, 4.69) is 9.88 Å². The molecule has 1 N–H and O–H groups in total. The maximum Gasteiger partial charge on any atom is 0.336 e. The van der Waals surface area contributed by atoms with Crippen LogP contribution in [0, 0.1) is 6.92 Å². The summed E-state index contributed by atoms with van der Waals surface area (Å²) in [6.45, 7) is 4.79. The van der Waals surface area contributed by atoms with Gasteiger partial charge in [0, 0.05) is 24.3 Å². The molecule has 0 radical (unpaired) electrons. The highest BCUT2D eigenvalue weighted by atomic mass is 16.5. The minimum Gasteiger partial charge on any atom is -0.478 e. The van der Waals surface area contributed by atoms with Crippen molar-refractivity contribution >= 4 is 5.97 Å². The average molecular weight is 378 g/mol. The van der Waals surface area contributed by atoms with Gasteiger partial charge in [-0.05, 0) is 37.3 Å². The molecule has 1 saturated heterocycles. The van der Waals surface area contributed by atoms with Crippen LogP contribution in [0.15, 0.2) is 59.0 Å². The Bertz CT molecular complexity index is 982. The zero-order valence-corrected chi connectivity index (χ0v) is 15.7. The third kappa shape index (κ3) is 3.98. The van der Waals surface area contributed by atoms with Gasteiger partial charge < -0.3 is 14.3 Å². The number of hydrogen-bond acceptors (Lipinski definition) is 5. The van der Waals surface area contributed by atoms with E-state index < -0.39 is 5.97 Å². The van der Waals surface area contributed by atoms with Crippen LogP contribution in [0.4, 0.5) is 0 Å². The summed E-state index contributed by atoms with van der Waals surface area (Å²) in [4.78, 5) is 18.3. The second kappa shape index (κ2) is 7.96. The van der Waals surface area contributed by atoms with Gasteiger partial charge in [-0.2, -0.15) is 0 Å². The van der Waals surface area contributed by atoms with Gasteiger partial charge in [-0.3, -0.25) is 9.88 Å². The molecule has 1 fully saturated rings. The normalized spacial score (nSPS) is 17.5. The van der Waals surface area contributed by atoms with Crippen LogP contribution in [0.25, 0.3) is 11.3 Å². The number of aryl methyl sites for hydroxylation is 1. The molecule has 2 aromatic heterocycles. The van der Waals surface area contributed by atoms with Crippen LogP contribution in [-0.2, 0) is 11.3 Å². The number of furan rings is 1. The molecular formula is C22H22N2O4. The summed E-state index contributed by atoms with van der Waals surface area (Å²) in [6, 6.07) is 16.6. The van der Waals surface area contributed by atoms with E-state index in [1.165, 1.54) is 0 Å². The molecule has 6 nitrogen and oxygen atoms in total. The van der Waals surface area contributed by atoms with E-state index in [9.17, 15) is 9.90 Å². The number of benzene rings is 1. The molecule has 6 heteroatoms. The Morgan fingerprint density at radius 1 is 1.18 bits per heavy atom. The standard InChI is InChI=1S/C22H22N2O4/c1-15-5-4-8-19(23-15)21-14-24(11-12-27-21)13-16-9-10-20(28-16)17-6-2-3-7-18(17)22(25)26/h2-10,21H,11-14H2,1H3,(H,25,26). The predicted octanol–water partition coefficient (Wildman–Crippen LogP) is 3.92. The number of hydrogen-bond donors (Lipinski definition) is 1. The van der Waals surface area contributed by atoms with Crippen LogP contribution in [0.5, 0.6) is 0 Å². The summed E-state index contributed by atoms with van der Waals surface area (Å²) in [5.74, 6) is 0.404. The van der Waals surface area contributed by atoms with Crippen molar-refractivity contribution in [3.63, 3.8) is 0 Å². The van der Waals surface area contributed by atoms with Gasteiger partial charge in [0.15, 0.2) is 0 Å². The van der Waals surface area contributed by atoms with Crippen LogP contribution < -0.4 is 0 Å². The lowest BCUT2D eigenvalue weighted by Crippen LogP contribution is -2.38. The van der Waals surface area contributed by atoms with Gasteiger partial charge >= 0.3 is 5.97 Å². The lowest BCUT2D eigenvalue weighted by Gasteiger charge is -2.32. The molecule has 1 aliphatic rings. The summed E-state index contributed by atoms with van der Waals surface area (Å²) < 4.78 is 11.9. The number of morpholine rings is 1. The van der Waals surface area contributed by atoms with Crippen LogP contribution in [0.2, 0.25) is 0 Å². The molecule has 1 aliphatic heterocycles. The summed E-state index contributed by atoms with van der Waals surface area (Å²) in [5, 5.41) is 9.38. The zero-order chi connectivity index (χ0) is 19.5. The van der Waals surface area contributed by atoms with Gasteiger partial charge in [0.25, 0.3) is 0 Å². The highest BCUT2D eigenvalue weighted by Crippen LogP contribution is 2.28. The van der Waals surface area contributed by atoms with E-state index in [0.29, 0.717) is 24.5 Å². The Balaban J connectivity index is 1.48. The highest BCUT2D eigenvalue weighted by molar-refractivity contribution is 5.95. The topological polar surface area (TPSA) is 75.8 Å². The third-order valence-corrected chi connectivity index (χ3v) is 4.85. The first-order valence-electron chi connectivity index (χ1n) is 9.29. The summed E-state index contributed by atoms with van der Waals surface area (Å²) in [6.07, 6.45) is -0.0594. The van der Waals surface area contributed by atoms with Crippen LogP contribution in [0.3, 0.4) is 0 Å². The zero-order valence-electron chi connectivity index (χ0n) is 15.7.